The SMILES string of the molecule is CCC(CNC(=O)c1cccc(S(=O)(=O)Cc2ccccc2)c1)CC(F)(F)F. The van der Waals surface area contributed by atoms with Crippen LogP contribution in [0.5, 0.6) is 0 Å². The molecule has 0 spiro atoms. The van der Waals surface area contributed by atoms with Gasteiger partial charge in [0.05, 0.1) is 10.6 Å². The Morgan fingerprint density at radius 1 is 1.07 bits per heavy atom. The van der Waals surface area contributed by atoms with E-state index in [2.05, 4.69) is 5.32 Å². The van der Waals surface area contributed by atoms with Gasteiger partial charge in [-0.3, -0.25) is 4.79 Å². The van der Waals surface area contributed by atoms with Crippen LogP contribution in [-0.2, 0) is 15.6 Å². The van der Waals surface area contributed by atoms with Gasteiger partial charge >= 0.3 is 6.18 Å². The topological polar surface area (TPSA) is 63.2 Å². The number of sulfone groups is 1. The molecule has 2 rings (SSSR count). The van der Waals surface area contributed by atoms with E-state index in [4.69, 9.17) is 0 Å². The smallest absolute Gasteiger partial charge is 0.352 e. The Balaban J connectivity index is 2.08. The van der Waals surface area contributed by atoms with Crippen molar-refractivity contribution in [1.82, 2.24) is 5.32 Å². The van der Waals surface area contributed by atoms with E-state index >= 15 is 0 Å². The van der Waals surface area contributed by atoms with Crippen molar-refractivity contribution < 1.29 is 26.4 Å². The number of amides is 1. The van der Waals surface area contributed by atoms with E-state index in [0.29, 0.717) is 5.56 Å². The Morgan fingerprint density at radius 3 is 2.36 bits per heavy atom. The minimum atomic E-state index is -4.29. The lowest BCUT2D eigenvalue weighted by Gasteiger charge is -2.17. The van der Waals surface area contributed by atoms with Crippen LogP contribution in [-0.4, -0.2) is 27.0 Å². The molecule has 0 bridgehead atoms. The Morgan fingerprint density at radius 2 is 1.75 bits per heavy atom. The molecule has 0 fully saturated rings. The first-order valence-corrected chi connectivity index (χ1v) is 10.5. The standard InChI is InChI=1S/C20H22F3NO3S/c1-2-15(12-20(21,22)23)13-24-19(25)17-9-6-10-18(11-17)28(26,27)14-16-7-4-3-5-8-16/h3-11,15H,2,12-14H2,1H3,(H,24,25). The maximum atomic E-state index is 12.6. The average Bonchev–Trinajstić information content (AvgIpc) is 2.64. The van der Waals surface area contributed by atoms with Gasteiger partial charge in [0.1, 0.15) is 0 Å². The highest BCUT2D eigenvalue weighted by Crippen LogP contribution is 2.26. The van der Waals surface area contributed by atoms with Gasteiger partial charge < -0.3 is 5.32 Å². The van der Waals surface area contributed by atoms with Crippen molar-refractivity contribution in [3.8, 4) is 0 Å². The van der Waals surface area contributed by atoms with E-state index in [0.717, 1.165) is 0 Å². The Kier molecular flexibility index (Phi) is 7.23. The van der Waals surface area contributed by atoms with E-state index in [1.165, 1.54) is 24.3 Å². The van der Waals surface area contributed by atoms with Crippen LogP contribution in [0, 0.1) is 5.92 Å². The molecule has 28 heavy (non-hydrogen) atoms. The largest absolute Gasteiger partial charge is 0.389 e. The summed E-state index contributed by atoms with van der Waals surface area (Å²) in [4.78, 5) is 12.3. The summed E-state index contributed by atoms with van der Waals surface area (Å²) in [5, 5.41) is 2.47. The fourth-order valence-corrected chi connectivity index (χ4v) is 4.13. The molecule has 0 radical (unpaired) electrons. The number of benzene rings is 2. The molecule has 0 aliphatic rings. The number of carbonyl (C=O) groups excluding carboxylic acids is 1. The molecule has 152 valence electrons. The summed E-state index contributed by atoms with van der Waals surface area (Å²) < 4.78 is 62.7. The highest BCUT2D eigenvalue weighted by Gasteiger charge is 2.31. The highest BCUT2D eigenvalue weighted by atomic mass is 32.2. The number of hydrogen-bond acceptors (Lipinski definition) is 3. The lowest BCUT2D eigenvalue weighted by atomic mass is 10.0. The van der Waals surface area contributed by atoms with Crippen molar-refractivity contribution in [3.63, 3.8) is 0 Å². The van der Waals surface area contributed by atoms with Crippen LogP contribution in [0.3, 0.4) is 0 Å². The Bertz CT molecular complexity index is 896. The first kappa shape index (κ1) is 21.9. The highest BCUT2D eigenvalue weighted by molar-refractivity contribution is 7.90. The van der Waals surface area contributed by atoms with E-state index in [-0.39, 0.29) is 29.2 Å². The van der Waals surface area contributed by atoms with Crippen molar-refractivity contribution in [1.29, 1.82) is 0 Å². The molecule has 1 amide bonds. The van der Waals surface area contributed by atoms with Crippen LogP contribution >= 0.6 is 0 Å². The molecular weight excluding hydrogens is 391 g/mol. The lowest BCUT2D eigenvalue weighted by Crippen LogP contribution is -2.31. The average molecular weight is 413 g/mol. The van der Waals surface area contributed by atoms with Crippen LogP contribution in [0.4, 0.5) is 13.2 Å². The predicted molar refractivity (Wildman–Crippen MR) is 101 cm³/mol. The zero-order chi connectivity index (χ0) is 20.8. The minimum absolute atomic E-state index is 0.00802. The summed E-state index contributed by atoms with van der Waals surface area (Å²) in [5.74, 6) is -1.53. The van der Waals surface area contributed by atoms with Crippen LogP contribution in [0.25, 0.3) is 0 Å². The number of hydrogen-bond donors (Lipinski definition) is 1. The van der Waals surface area contributed by atoms with Gasteiger partial charge in [0.15, 0.2) is 9.84 Å². The maximum Gasteiger partial charge on any atom is 0.389 e. The van der Waals surface area contributed by atoms with Gasteiger partial charge in [-0.2, -0.15) is 13.2 Å². The van der Waals surface area contributed by atoms with Crippen LogP contribution in [0.1, 0.15) is 35.7 Å². The third kappa shape index (κ3) is 6.67. The second kappa shape index (κ2) is 9.23. The van der Waals surface area contributed by atoms with Gasteiger partial charge in [0.25, 0.3) is 5.91 Å². The van der Waals surface area contributed by atoms with Crippen LogP contribution in [0.2, 0.25) is 0 Å². The molecule has 1 atom stereocenters. The molecular formula is C20H22F3NO3S. The molecule has 0 saturated carbocycles. The minimum Gasteiger partial charge on any atom is -0.352 e. The lowest BCUT2D eigenvalue weighted by molar-refractivity contribution is -0.144. The van der Waals surface area contributed by atoms with E-state index in [1.807, 2.05) is 0 Å². The van der Waals surface area contributed by atoms with Gasteiger partial charge in [0, 0.05) is 18.5 Å². The molecule has 0 aromatic heterocycles. The zero-order valence-electron chi connectivity index (χ0n) is 15.4. The third-order valence-corrected chi connectivity index (χ3v) is 5.99. The second-order valence-corrected chi connectivity index (χ2v) is 8.57. The number of carbonyl (C=O) groups is 1. The first-order valence-electron chi connectivity index (χ1n) is 8.82. The molecule has 0 aliphatic carbocycles. The quantitative estimate of drug-likeness (QED) is 0.699. The van der Waals surface area contributed by atoms with Crippen molar-refractivity contribution in [3.05, 3.63) is 65.7 Å². The van der Waals surface area contributed by atoms with Gasteiger partial charge in [-0.15, -0.1) is 0 Å². The fourth-order valence-electron chi connectivity index (χ4n) is 2.74. The van der Waals surface area contributed by atoms with Gasteiger partial charge in [0.2, 0.25) is 0 Å². The van der Waals surface area contributed by atoms with Crippen molar-refractivity contribution in [2.24, 2.45) is 5.92 Å². The molecule has 0 heterocycles. The van der Waals surface area contributed by atoms with Crippen molar-refractivity contribution >= 4 is 15.7 Å². The molecule has 2 aromatic carbocycles. The molecule has 0 saturated heterocycles. The summed E-state index contributed by atoms with van der Waals surface area (Å²) in [6.45, 7) is 1.50. The monoisotopic (exact) mass is 413 g/mol. The number of nitrogens with one attached hydrogen (secondary N) is 1. The summed E-state index contributed by atoms with van der Waals surface area (Å²) in [5.41, 5.74) is 0.714. The second-order valence-electron chi connectivity index (χ2n) is 6.58. The molecule has 1 N–H and O–H groups in total. The summed E-state index contributed by atoms with van der Waals surface area (Å²) >= 11 is 0. The molecule has 2 aromatic rings. The van der Waals surface area contributed by atoms with Crippen molar-refractivity contribution in [2.75, 3.05) is 6.54 Å². The Hall–Kier alpha value is -2.35. The fraction of sp³-hybridized carbons (Fsp3) is 0.350. The molecule has 4 nitrogen and oxygen atoms in total. The van der Waals surface area contributed by atoms with Gasteiger partial charge in [-0.05, 0) is 29.7 Å². The first-order chi connectivity index (χ1) is 13.1. The molecule has 0 aliphatic heterocycles. The maximum absolute atomic E-state index is 12.6. The summed E-state index contributed by atoms with van der Waals surface area (Å²) in [6, 6.07) is 14.2. The van der Waals surface area contributed by atoms with Crippen LogP contribution in [0.15, 0.2) is 59.5 Å². The van der Waals surface area contributed by atoms with Gasteiger partial charge in [-0.25, -0.2) is 8.42 Å². The zero-order valence-corrected chi connectivity index (χ0v) is 16.2. The summed E-state index contributed by atoms with van der Waals surface area (Å²) in [7, 11) is -3.66. The van der Waals surface area contributed by atoms with Crippen molar-refractivity contribution in [2.45, 2.75) is 36.6 Å². The van der Waals surface area contributed by atoms with E-state index < -0.39 is 34.3 Å². The normalized spacial score (nSPS) is 13.1. The predicted octanol–water partition coefficient (Wildman–Crippen LogP) is 4.37. The van der Waals surface area contributed by atoms with Crippen LogP contribution < -0.4 is 5.32 Å². The third-order valence-electron chi connectivity index (χ3n) is 4.30. The number of rotatable bonds is 8. The Labute approximate surface area is 162 Å². The van der Waals surface area contributed by atoms with E-state index in [9.17, 15) is 26.4 Å². The van der Waals surface area contributed by atoms with E-state index in [1.54, 1.807) is 37.3 Å². The molecule has 8 heteroatoms. The molecule has 1 unspecified atom stereocenters. The number of alkyl halides is 3. The number of halogens is 3. The van der Waals surface area contributed by atoms with Gasteiger partial charge in [-0.1, -0.05) is 49.7 Å². The summed E-state index contributed by atoms with van der Waals surface area (Å²) in [6.07, 6.45) is -5.00.